The fourth-order valence-corrected chi connectivity index (χ4v) is 8.92. The molecule has 0 saturated carbocycles. The SMILES string of the molecule is BrCCOc1cc(Br)ccc1Br.BrP(Br)Br.Brc1ccc(OCCOc2cc(Br)ccc2Br)c(Br)c1.Brc1ccc2c(c1)OCC2.Fc1cc(Br)ccc1Br.OCCO.OCCOc1cc(Br)ccc1Br.[CH2-]CCC.[Li+]. The van der Waals surface area contributed by atoms with Crippen LogP contribution in [0.15, 0.2) is 158 Å². The Hall–Kier alpha value is 2.36. The molecule has 1 aliphatic heterocycles. The Morgan fingerprint density at radius 1 is 0.500 bits per heavy atom. The summed E-state index contributed by atoms with van der Waals surface area (Å²) in [5.41, 5.74) is 1.32. The third-order valence-electron chi connectivity index (χ3n) is 7.85. The molecule has 8 nitrogen and oxygen atoms in total. The van der Waals surface area contributed by atoms with Crippen molar-refractivity contribution in [3.63, 3.8) is 0 Å². The van der Waals surface area contributed by atoms with Crippen molar-refractivity contribution < 1.29 is 62.3 Å². The molecule has 1 heterocycles. The zero-order valence-corrected chi connectivity index (χ0v) is 65.1. The molecule has 0 aromatic heterocycles. The van der Waals surface area contributed by atoms with E-state index in [-0.39, 0.29) is 48.5 Å². The fraction of sp³-hybridized carbons (Fsp3) is 0.260. The molecule has 6 aromatic carbocycles. The van der Waals surface area contributed by atoms with Crippen molar-refractivity contribution in [2.75, 3.05) is 58.2 Å². The molecule has 76 heavy (non-hydrogen) atoms. The second-order valence-corrected chi connectivity index (χ2v) is 39.4. The predicted molar refractivity (Wildman–Crippen MR) is 364 cm³/mol. The van der Waals surface area contributed by atoms with Crippen LogP contribution in [0.1, 0.15) is 25.3 Å². The van der Waals surface area contributed by atoms with Crippen LogP contribution in [-0.4, -0.2) is 73.5 Å². The molecule has 0 amide bonds. The molecule has 7 rings (SSSR count). The van der Waals surface area contributed by atoms with E-state index < -0.39 is 0 Å². The molecule has 6 aromatic rings. The number of fused-ring (bicyclic) bond motifs is 1. The number of halogens is 16. The molecule has 1 aliphatic rings. The van der Waals surface area contributed by atoms with Gasteiger partial charge in [0.1, 0.15) is 58.4 Å². The normalized spacial score (nSPS) is 10.2. The molecule has 0 saturated heterocycles. The average molecular weight is 2030 g/mol. The number of benzene rings is 6. The van der Waals surface area contributed by atoms with Gasteiger partial charge in [0.25, 0.3) is 0 Å². The Morgan fingerprint density at radius 3 is 1.26 bits per heavy atom. The second kappa shape index (κ2) is 50.7. The van der Waals surface area contributed by atoms with Crippen LogP contribution in [0.5, 0.6) is 28.7 Å². The van der Waals surface area contributed by atoms with Crippen molar-refractivity contribution in [2.45, 2.75) is 26.2 Å². The maximum absolute atomic E-state index is 12.5. The van der Waals surface area contributed by atoms with Crippen LogP contribution in [0, 0.1) is 12.7 Å². The van der Waals surface area contributed by atoms with Crippen LogP contribution in [0.25, 0.3) is 0 Å². The van der Waals surface area contributed by atoms with Crippen LogP contribution in [0.3, 0.4) is 0 Å². The molecular weight excluding hydrogens is 1980 g/mol. The fourth-order valence-electron chi connectivity index (χ4n) is 4.57. The predicted octanol–water partition coefficient (Wildman–Crippen LogP) is 19.5. The van der Waals surface area contributed by atoms with Crippen molar-refractivity contribution >= 4 is 242 Å². The maximum Gasteiger partial charge on any atom is 1.00 e. The zero-order chi connectivity index (χ0) is 56.7. The largest absolute Gasteiger partial charge is 1.00 e. The van der Waals surface area contributed by atoms with Gasteiger partial charge in [0.15, 0.2) is 0 Å². The molecule has 0 bridgehead atoms. The van der Waals surface area contributed by atoms with Gasteiger partial charge in [-0.3, -0.25) is 0 Å². The minimum atomic E-state index is -0.246. The Morgan fingerprint density at radius 2 is 0.868 bits per heavy atom. The minimum Gasteiger partial charge on any atom is -0.493 e. The molecule has 0 aliphatic carbocycles. The van der Waals surface area contributed by atoms with E-state index in [0.29, 0.717) is 30.9 Å². The van der Waals surface area contributed by atoms with E-state index in [4.69, 9.17) is 39.0 Å². The van der Waals surface area contributed by atoms with E-state index in [1.165, 1.54) is 18.1 Å². The molecule has 0 spiro atoms. The summed E-state index contributed by atoms with van der Waals surface area (Å²) in [5, 5.41) is 24.6. The van der Waals surface area contributed by atoms with Crippen molar-refractivity contribution in [3.05, 3.63) is 177 Å². The summed E-state index contributed by atoms with van der Waals surface area (Å²) in [4.78, 5) is 0. The summed E-state index contributed by atoms with van der Waals surface area (Å²) in [5.74, 6) is 3.98. The first kappa shape index (κ1) is 80.4. The van der Waals surface area contributed by atoms with E-state index in [0.717, 1.165) is 98.3 Å². The van der Waals surface area contributed by atoms with Crippen molar-refractivity contribution in [2.24, 2.45) is 0 Å². The van der Waals surface area contributed by atoms with Crippen LogP contribution in [0.2, 0.25) is 0 Å². The van der Waals surface area contributed by atoms with Crippen molar-refractivity contribution in [1.82, 2.24) is 0 Å². The maximum atomic E-state index is 12.5. The third-order valence-corrected chi connectivity index (χ3v) is 14.4. The van der Waals surface area contributed by atoms with Crippen LogP contribution in [-0.2, 0) is 6.42 Å². The van der Waals surface area contributed by atoms with Gasteiger partial charge in [-0.05, 0) is 235 Å². The first-order chi connectivity index (χ1) is 35.7. The van der Waals surface area contributed by atoms with Gasteiger partial charge in [-0.1, -0.05) is 131 Å². The van der Waals surface area contributed by atoms with E-state index in [2.05, 4.69) is 258 Å². The van der Waals surface area contributed by atoms with E-state index in [1.807, 2.05) is 84.9 Å². The quantitative estimate of drug-likeness (QED) is 0.0262. The van der Waals surface area contributed by atoms with E-state index in [1.54, 1.807) is 12.1 Å². The van der Waals surface area contributed by atoms with Gasteiger partial charge in [-0.2, -0.15) is 6.42 Å². The van der Waals surface area contributed by atoms with Crippen LogP contribution >= 0.6 is 242 Å². The number of aliphatic hydroxyl groups is 3. The van der Waals surface area contributed by atoms with Crippen LogP contribution in [0.4, 0.5) is 4.39 Å². The zero-order valence-electron chi connectivity index (χ0n) is 40.5. The number of unbranched alkanes of at least 4 members (excludes halogenated alkanes) is 1. The van der Waals surface area contributed by atoms with Crippen LogP contribution < -0.4 is 42.5 Å². The smallest absolute Gasteiger partial charge is 0.493 e. The third kappa shape index (κ3) is 40.6. The van der Waals surface area contributed by atoms with Gasteiger partial charge >= 0.3 is 18.9 Å². The standard InChI is InChI=1S/C14H10Br4O2.C8H7Br3O.C8H8Br2O2.C8H7BrO.C6H3Br2F.C4H9.C2H6O2.Br3P.Li/c15-9-2-4-13(12(18)7-9)19-5-6-20-14-8-10(16)1-3-11(14)17;9-3-4-12-8-5-6(10)1-2-7(8)11;9-6-1-2-7(10)8(5-6)12-4-3-11;9-7-2-1-6-3-4-10-8(6)5-7;7-4-1-2-5(8)6(9)3-4;1-3-4-2;3-1-2-4;1-4(2)3;/h1-4,7-8H,5-6H2;1-2,5H,3-4H2;1-2,5,11H,3-4H2;1-2,5H,3-4H2;1-3H;1,3-4H2,2H3;3-4H,1-2H2;;/q;;;;;-1;;;+1. The number of aliphatic hydroxyl groups excluding tert-OH is 3. The van der Waals surface area contributed by atoms with E-state index in [9.17, 15) is 4.39 Å². The van der Waals surface area contributed by atoms with E-state index >= 15 is 0 Å². The Kier molecular flexibility index (Phi) is 53.6. The summed E-state index contributed by atoms with van der Waals surface area (Å²) in [6.07, 6.45) is 3.34. The summed E-state index contributed by atoms with van der Waals surface area (Å²) < 4.78 is 49.7. The summed E-state index contributed by atoms with van der Waals surface area (Å²) in [7, 11) is 0. The summed E-state index contributed by atoms with van der Waals surface area (Å²) in [6, 6.07) is 34.1. The summed E-state index contributed by atoms with van der Waals surface area (Å²) >= 11 is 49.5. The monoisotopic (exact) mass is 2020 g/mol. The molecule has 0 atom stereocenters. The van der Waals surface area contributed by atoms with Gasteiger partial charge in [-0.15, -0.1) is 0 Å². The number of alkyl halides is 1. The molecule has 416 valence electrons. The molecule has 3 N–H and O–H groups in total. The Bertz CT molecular complexity index is 2430. The van der Waals surface area contributed by atoms with Crippen molar-refractivity contribution in [3.8, 4) is 28.7 Å². The first-order valence-electron chi connectivity index (χ1n) is 21.4. The summed E-state index contributed by atoms with van der Waals surface area (Å²) in [6.45, 7) is 8.27. The van der Waals surface area contributed by atoms with Gasteiger partial charge in [0.05, 0.1) is 55.4 Å². The molecule has 0 radical (unpaired) electrons. The van der Waals surface area contributed by atoms with Gasteiger partial charge < -0.3 is 45.9 Å². The molecule has 0 unspecified atom stereocenters. The molecule has 0 fully saturated rings. The first-order valence-corrected chi connectivity index (χ1v) is 38.7. The van der Waals surface area contributed by atoms with Gasteiger partial charge in [-0.25, -0.2) is 4.39 Å². The van der Waals surface area contributed by atoms with Gasteiger partial charge in [0.2, 0.25) is 0 Å². The average Bonchev–Trinajstić information content (AvgIpc) is 3.85. The van der Waals surface area contributed by atoms with Crippen molar-refractivity contribution in [1.29, 1.82) is 0 Å². The molecule has 26 heteroatoms. The topological polar surface area (TPSA) is 107 Å². The Labute approximate surface area is 585 Å². The number of hydrogen-bond acceptors (Lipinski definition) is 8. The molecular formula is C50H50Br15FLiO8P. The Balaban J connectivity index is 0. The van der Waals surface area contributed by atoms with Gasteiger partial charge in [0, 0.05) is 38.6 Å². The number of hydrogen-bond donors (Lipinski definition) is 3. The second-order valence-electron chi connectivity index (χ2n) is 13.5. The number of ether oxygens (including phenoxy) is 5. The number of rotatable bonds is 13. The minimum absolute atomic E-state index is 0.